The van der Waals surface area contributed by atoms with Crippen LogP contribution in [-0.2, 0) is 4.74 Å². The molecule has 0 heterocycles. The van der Waals surface area contributed by atoms with Gasteiger partial charge in [-0.2, -0.15) is 0 Å². The molecule has 0 saturated heterocycles. The summed E-state index contributed by atoms with van der Waals surface area (Å²) in [5.41, 5.74) is 1.21. The van der Waals surface area contributed by atoms with Crippen LogP contribution < -0.4 is 10.1 Å². The van der Waals surface area contributed by atoms with Crippen LogP contribution in [0.1, 0.15) is 32.4 Å². The number of para-hydroxylation sites is 1. The van der Waals surface area contributed by atoms with E-state index in [1.807, 2.05) is 12.1 Å². The fourth-order valence-corrected chi connectivity index (χ4v) is 2.32. The molecule has 0 amide bonds. The molecule has 1 N–H and O–H groups in total. The second-order valence-electron chi connectivity index (χ2n) is 5.53. The van der Waals surface area contributed by atoms with E-state index in [9.17, 15) is 0 Å². The number of nitrogens with zero attached hydrogens (tertiary/aromatic N) is 1. The molecule has 1 atom stereocenters. The molecule has 1 aromatic rings. The van der Waals surface area contributed by atoms with E-state index in [1.165, 1.54) is 5.56 Å². The van der Waals surface area contributed by atoms with Crippen molar-refractivity contribution in [3.63, 3.8) is 0 Å². The molecule has 0 spiro atoms. The largest absolute Gasteiger partial charge is 0.496 e. The highest BCUT2D eigenvalue weighted by atomic mass is 16.5. The summed E-state index contributed by atoms with van der Waals surface area (Å²) in [4.78, 5) is 2.29. The van der Waals surface area contributed by atoms with Crippen LogP contribution in [0.5, 0.6) is 5.75 Å². The van der Waals surface area contributed by atoms with Crippen molar-refractivity contribution in [2.75, 3.05) is 40.4 Å². The maximum absolute atomic E-state index is 5.62. The van der Waals surface area contributed by atoms with Crippen molar-refractivity contribution in [2.24, 2.45) is 0 Å². The van der Waals surface area contributed by atoms with Gasteiger partial charge in [-0.15, -0.1) is 0 Å². The lowest BCUT2D eigenvalue weighted by Crippen LogP contribution is -2.35. The SMILES string of the molecule is CCNC(CN(C)CCOC(C)C)c1ccccc1OC. The van der Waals surface area contributed by atoms with Crippen LogP contribution in [-0.4, -0.2) is 51.4 Å². The topological polar surface area (TPSA) is 33.7 Å². The molecule has 0 bridgehead atoms. The number of benzene rings is 1. The molecule has 4 heteroatoms. The molecule has 0 aromatic heterocycles. The molecular formula is C17H30N2O2. The summed E-state index contributed by atoms with van der Waals surface area (Å²) in [5, 5.41) is 3.54. The van der Waals surface area contributed by atoms with Crippen molar-refractivity contribution in [1.29, 1.82) is 0 Å². The summed E-state index contributed by atoms with van der Waals surface area (Å²) in [5.74, 6) is 0.940. The minimum Gasteiger partial charge on any atom is -0.496 e. The van der Waals surface area contributed by atoms with Crippen molar-refractivity contribution in [2.45, 2.75) is 32.9 Å². The first-order chi connectivity index (χ1) is 10.1. The first-order valence-electron chi connectivity index (χ1n) is 7.74. The Morgan fingerprint density at radius 1 is 1.24 bits per heavy atom. The van der Waals surface area contributed by atoms with Crippen LogP contribution in [0.2, 0.25) is 0 Å². The maximum atomic E-state index is 5.62. The Bertz CT molecular complexity index is 396. The predicted molar refractivity (Wildman–Crippen MR) is 88.0 cm³/mol. The molecule has 0 aliphatic carbocycles. The number of hydrogen-bond donors (Lipinski definition) is 1. The molecule has 1 rings (SSSR count). The highest BCUT2D eigenvalue weighted by Crippen LogP contribution is 2.25. The van der Waals surface area contributed by atoms with Crippen LogP contribution in [0.4, 0.5) is 0 Å². The Kier molecular flexibility index (Phi) is 8.35. The number of hydrogen-bond acceptors (Lipinski definition) is 4. The van der Waals surface area contributed by atoms with Crippen molar-refractivity contribution in [1.82, 2.24) is 10.2 Å². The van der Waals surface area contributed by atoms with Gasteiger partial charge >= 0.3 is 0 Å². The average molecular weight is 294 g/mol. The molecule has 0 fully saturated rings. The zero-order valence-electron chi connectivity index (χ0n) is 14.1. The highest BCUT2D eigenvalue weighted by molar-refractivity contribution is 5.36. The van der Waals surface area contributed by atoms with Crippen molar-refractivity contribution < 1.29 is 9.47 Å². The molecule has 1 aromatic carbocycles. The van der Waals surface area contributed by atoms with Gasteiger partial charge in [0, 0.05) is 24.7 Å². The number of ether oxygens (including phenoxy) is 2. The molecule has 1 unspecified atom stereocenters. The third kappa shape index (κ3) is 6.46. The minimum absolute atomic E-state index is 0.259. The summed E-state index contributed by atoms with van der Waals surface area (Å²) in [6.45, 7) is 9.81. The van der Waals surface area contributed by atoms with Crippen LogP contribution in [0.3, 0.4) is 0 Å². The van der Waals surface area contributed by atoms with Crippen molar-refractivity contribution in [3.05, 3.63) is 29.8 Å². The van der Waals surface area contributed by atoms with Gasteiger partial charge in [0.25, 0.3) is 0 Å². The predicted octanol–water partition coefficient (Wildman–Crippen LogP) is 2.70. The van der Waals surface area contributed by atoms with E-state index in [1.54, 1.807) is 7.11 Å². The second kappa shape index (κ2) is 9.77. The normalized spacial score (nSPS) is 12.9. The third-order valence-corrected chi connectivity index (χ3v) is 3.38. The van der Waals surface area contributed by atoms with E-state index in [0.29, 0.717) is 0 Å². The summed E-state index contributed by atoms with van der Waals surface area (Å²) >= 11 is 0. The Balaban J connectivity index is 2.64. The zero-order chi connectivity index (χ0) is 15.7. The number of rotatable bonds is 10. The van der Waals surface area contributed by atoms with Gasteiger partial charge in [-0.1, -0.05) is 25.1 Å². The number of likely N-dealkylation sites (N-methyl/N-ethyl adjacent to an activating group) is 2. The van der Waals surface area contributed by atoms with E-state index in [0.717, 1.165) is 32.0 Å². The second-order valence-corrected chi connectivity index (χ2v) is 5.53. The monoisotopic (exact) mass is 294 g/mol. The lowest BCUT2D eigenvalue weighted by atomic mass is 10.1. The van der Waals surface area contributed by atoms with Crippen LogP contribution in [0, 0.1) is 0 Å². The van der Waals surface area contributed by atoms with E-state index in [2.05, 4.69) is 50.2 Å². The van der Waals surface area contributed by atoms with Crippen LogP contribution >= 0.6 is 0 Å². The standard InChI is InChI=1S/C17H30N2O2/c1-6-18-16(13-19(4)11-12-21-14(2)3)15-9-7-8-10-17(15)20-5/h7-10,14,16,18H,6,11-13H2,1-5H3. The minimum atomic E-state index is 0.259. The smallest absolute Gasteiger partial charge is 0.123 e. The molecule has 0 aliphatic heterocycles. The molecule has 0 aliphatic rings. The third-order valence-electron chi connectivity index (χ3n) is 3.38. The molecule has 4 nitrogen and oxygen atoms in total. The average Bonchev–Trinajstić information content (AvgIpc) is 2.46. The van der Waals surface area contributed by atoms with Gasteiger partial charge in [0.15, 0.2) is 0 Å². The number of methoxy groups -OCH3 is 1. The molecular weight excluding hydrogens is 264 g/mol. The summed E-state index contributed by atoms with van der Waals surface area (Å²) in [6.07, 6.45) is 0.289. The number of nitrogens with one attached hydrogen (secondary N) is 1. The van der Waals surface area contributed by atoms with Gasteiger partial charge in [0.1, 0.15) is 5.75 Å². The lowest BCUT2D eigenvalue weighted by Gasteiger charge is -2.26. The van der Waals surface area contributed by atoms with Crippen molar-refractivity contribution in [3.8, 4) is 5.75 Å². The summed E-state index contributed by atoms with van der Waals surface area (Å²) < 4.78 is 11.1. The zero-order valence-corrected chi connectivity index (χ0v) is 14.1. The quantitative estimate of drug-likeness (QED) is 0.719. The highest BCUT2D eigenvalue weighted by Gasteiger charge is 2.16. The fraction of sp³-hybridized carbons (Fsp3) is 0.647. The molecule has 21 heavy (non-hydrogen) atoms. The van der Waals surface area contributed by atoms with Crippen LogP contribution in [0.15, 0.2) is 24.3 Å². The summed E-state index contributed by atoms with van der Waals surface area (Å²) in [6, 6.07) is 8.47. The van der Waals surface area contributed by atoms with E-state index in [-0.39, 0.29) is 12.1 Å². The van der Waals surface area contributed by atoms with Gasteiger partial charge in [-0.3, -0.25) is 0 Å². The van der Waals surface area contributed by atoms with Crippen molar-refractivity contribution >= 4 is 0 Å². The first kappa shape index (κ1) is 18.0. The first-order valence-corrected chi connectivity index (χ1v) is 7.74. The molecule has 0 saturated carbocycles. The Hall–Kier alpha value is -1.10. The molecule has 0 radical (unpaired) electrons. The van der Waals surface area contributed by atoms with E-state index < -0.39 is 0 Å². The van der Waals surface area contributed by atoms with E-state index >= 15 is 0 Å². The van der Waals surface area contributed by atoms with Gasteiger partial charge in [-0.05, 0) is 33.5 Å². The maximum Gasteiger partial charge on any atom is 0.123 e. The van der Waals surface area contributed by atoms with Gasteiger partial charge in [0.05, 0.1) is 19.8 Å². The molecule has 120 valence electrons. The Labute approximate surface area is 129 Å². The fourth-order valence-electron chi connectivity index (χ4n) is 2.32. The van der Waals surface area contributed by atoms with Gasteiger partial charge < -0.3 is 19.7 Å². The van der Waals surface area contributed by atoms with Gasteiger partial charge in [0.2, 0.25) is 0 Å². The Morgan fingerprint density at radius 3 is 2.57 bits per heavy atom. The lowest BCUT2D eigenvalue weighted by molar-refractivity contribution is 0.0622. The van der Waals surface area contributed by atoms with E-state index in [4.69, 9.17) is 9.47 Å². The van der Waals surface area contributed by atoms with Gasteiger partial charge in [-0.25, -0.2) is 0 Å². The van der Waals surface area contributed by atoms with Crippen LogP contribution in [0.25, 0.3) is 0 Å². The Morgan fingerprint density at radius 2 is 1.95 bits per heavy atom. The summed E-state index contributed by atoms with van der Waals surface area (Å²) in [7, 11) is 3.85.